The van der Waals surface area contributed by atoms with E-state index in [1.807, 2.05) is 0 Å². The van der Waals surface area contributed by atoms with Gasteiger partial charge in [0.2, 0.25) is 0 Å². The lowest BCUT2D eigenvalue weighted by molar-refractivity contribution is 0.381. The van der Waals surface area contributed by atoms with Gasteiger partial charge in [-0.2, -0.15) is 0 Å². The Labute approximate surface area is 89.6 Å². The summed E-state index contributed by atoms with van der Waals surface area (Å²) in [6.45, 7) is 2.20. The van der Waals surface area contributed by atoms with Crippen molar-refractivity contribution in [2.24, 2.45) is 0 Å². The van der Waals surface area contributed by atoms with Crippen molar-refractivity contribution < 1.29 is 4.52 Å². The van der Waals surface area contributed by atoms with Gasteiger partial charge >= 0.3 is 0 Å². The molecular formula is C10H17ClN2O. The zero-order valence-corrected chi connectivity index (χ0v) is 9.31. The fraction of sp³-hybridized carbons (Fsp3) is 0.700. The molecule has 80 valence electrons. The van der Waals surface area contributed by atoms with E-state index in [2.05, 4.69) is 12.1 Å². The van der Waals surface area contributed by atoms with Crippen molar-refractivity contribution in [3.63, 3.8) is 0 Å². The molecule has 0 bridgehead atoms. The Morgan fingerprint density at radius 2 is 2.00 bits per heavy atom. The first-order valence-corrected chi connectivity index (χ1v) is 5.53. The van der Waals surface area contributed by atoms with Crippen LogP contribution in [-0.2, 0) is 6.42 Å². The van der Waals surface area contributed by atoms with Crippen LogP contribution in [0.15, 0.2) is 4.52 Å². The molecule has 0 amide bonds. The summed E-state index contributed by atoms with van der Waals surface area (Å²) in [4.78, 5) is 0. The van der Waals surface area contributed by atoms with Crippen molar-refractivity contribution in [2.45, 2.75) is 45.4 Å². The SMILES string of the molecule is CCCCCCCc1onc(N)c1Cl. The Hall–Kier alpha value is -0.700. The van der Waals surface area contributed by atoms with Crippen molar-refractivity contribution in [3.05, 3.63) is 10.8 Å². The van der Waals surface area contributed by atoms with E-state index in [4.69, 9.17) is 21.9 Å². The average Bonchev–Trinajstić information content (AvgIpc) is 2.49. The first-order chi connectivity index (χ1) is 6.75. The lowest BCUT2D eigenvalue weighted by atomic mass is 10.1. The topological polar surface area (TPSA) is 52.0 Å². The number of hydrogen-bond donors (Lipinski definition) is 1. The fourth-order valence-corrected chi connectivity index (χ4v) is 1.54. The Morgan fingerprint density at radius 3 is 2.57 bits per heavy atom. The van der Waals surface area contributed by atoms with E-state index in [0.29, 0.717) is 10.8 Å². The van der Waals surface area contributed by atoms with Gasteiger partial charge < -0.3 is 10.3 Å². The standard InChI is InChI=1S/C10H17ClN2O/c1-2-3-4-5-6-7-8-9(11)10(12)13-14-8/h2-7H2,1H3,(H2,12,13). The molecule has 3 nitrogen and oxygen atoms in total. The summed E-state index contributed by atoms with van der Waals surface area (Å²) in [5.74, 6) is 1.02. The second-order valence-corrected chi connectivity index (χ2v) is 3.85. The second-order valence-electron chi connectivity index (χ2n) is 3.47. The molecule has 1 heterocycles. The van der Waals surface area contributed by atoms with E-state index in [9.17, 15) is 0 Å². The number of aromatic nitrogens is 1. The number of hydrogen-bond acceptors (Lipinski definition) is 3. The molecule has 0 saturated heterocycles. The number of nitrogens with zero attached hydrogens (tertiary/aromatic N) is 1. The van der Waals surface area contributed by atoms with E-state index >= 15 is 0 Å². The third-order valence-electron chi connectivity index (χ3n) is 2.23. The van der Waals surface area contributed by atoms with Gasteiger partial charge in [0.25, 0.3) is 0 Å². The summed E-state index contributed by atoms with van der Waals surface area (Å²) >= 11 is 5.87. The van der Waals surface area contributed by atoms with Crippen LogP contribution in [0.1, 0.15) is 44.8 Å². The predicted octanol–water partition coefficient (Wildman–Crippen LogP) is 3.42. The van der Waals surface area contributed by atoms with E-state index < -0.39 is 0 Å². The third-order valence-corrected chi connectivity index (χ3v) is 2.64. The monoisotopic (exact) mass is 216 g/mol. The maximum atomic E-state index is 5.87. The minimum atomic E-state index is 0.301. The van der Waals surface area contributed by atoms with Crippen LogP contribution in [0.2, 0.25) is 5.02 Å². The number of anilines is 1. The molecule has 0 saturated carbocycles. The van der Waals surface area contributed by atoms with E-state index in [1.54, 1.807) is 0 Å². The number of unbranched alkanes of at least 4 members (excludes halogenated alkanes) is 4. The highest BCUT2D eigenvalue weighted by atomic mass is 35.5. The molecule has 0 aromatic carbocycles. The highest BCUT2D eigenvalue weighted by Gasteiger charge is 2.09. The average molecular weight is 217 g/mol. The molecule has 1 aromatic rings. The van der Waals surface area contributed by atoms with Crippen molar-refractivity contribution in [3.8, 4) is 0 Å². The van der Waals surface area contributed by atoms with Gasteiger partial charge in [-0.3, -0.25) is 0 Å². The van der Waals surface area contributed by atoms with Gasteiger partial charge in [0, 0.05) is 6.42 Å². The predicted molar refractivity (Wildman–Crippen MR) is 58.4 cm³/mol. The molecule has 0 fully saturated rings. The molecule has 0 aliphatic carbocycles. The van der Waals surface area contributed by atoms with Gasteiger partial charge in [-0.25, -0.2) is 0 Å². The Balaban J connectivity index is 2.21. The number of rotatable bonds is 6. The van der Waals surface area contributed by atoms with E-state index in [-0.39, 0.29) is 0 Å². The first-order valence-electron chi connectivity index (χ1n) is 5.15. The van der Waals surface area contributed by atoms with Crippen molar-refractivity contribution >= 4 is 17.4 Å². The summed E-state index contributed by atoms with van der Waals surface area (Å²) in [5, 5.41) is 4.09. The molecule has 0 aliphatic heterocycles. The maximum absolute atomic E-state index is 5.87. The molecule has 0 radical (unpaired) electrons. The van der Waals surface area contributed by atoms with Crippen molar-refractivity contribution in [2.75, 3.05) is 5.73 Å². The molecule has 2 N–H and O–H groups in total. The largest absolute Gasteiger partial charge is 0.380 e. The van der Waals surface area contributed by atoms with Crippen LogP contribution in [0.25, 0.3) is 0 Å². The molecule has 0 atom stereocenters. The normalized spacial score (nSPS) is 10.7. The summed E-state index contributed by atoms with van der Waals surface area (Å²) in [7, 11) is 0. The Kier molecular flexibility index (Phi) is 4.80. The lowest BCUT2D eigenvalue weighted by Crippen LogP contribution is -1.86. The van der Waals surface area contributed by atoms with Crippen molar-refractivity contribution in [1.29, 1.82) is 0 Å². The number of aryl methyl sites for hydroxylation is 1. The van der Waals surface area contributed by atoms with Crippen LogP contribution in [0.3, 0.4) is 0 Å². The van der Waals surface area contributed by atoms with Crippen LogP contribution in [-0.4, -0.2) is 5.16 Å². The smallest absolute Gasteiger partial charge is 0.185 e. The molecule has 1 rings (SSSR count). The van der Waals surface area contributed by atoms with Crippen LogP contribution < -0.4 is 5.73 Å². The van der Waals surface area contributed by atoms with Crippen LogP contribution >= 0.6 is 11.6 Å². The van der Waals surface area contributed by atoms with Gasteiger partial charge in [-0.1, -0.05) is 49.4 Å². The summed E-state index contributed by atoms with van der Waals surface area (Å²) in [5.41, 5.74) is 5.46. The fourth-order valence-electron chi connectivity index (χ4n) is 1.37. The Bertz CT molecular complexity index is 273. The van der Waals surface area contributed by atoms with Crippen LogP contribution in [0.4, 0.5) is 5.82 Å². The quantitative estimate of drug-likeness (QED) is 0.742. The van der Waals surface area contributed by atoms with Gasteiger partial charge in [-0.05, 0) is 6.42 Å². The Morgan fingerprint density at radius 1 is 1.29 bits per heavy atom. The van der Waals surface area contributed by atoms with Crippen LogP contribution in [0, 0.1) is 0 Å². The second kappa shape index (κ2) is 5.91. The zero-order valence-electron chi connectivity index (χ0n) is 8.55. The minimum Gasteiger partial charge on any atom is -0.380 e. The first kappa shape index (κ1) is 11.4. The number of halogens is 1. The third kappa shape index (κ3) is 3.22. The summed E-state index contributed by atoms with van der Waals surface area (Å²) < 4.78 is 4.99. The molecule has 4 heteroatoms. The lowest BCUT2D eigenvalue weighted by Gasteiger charge is -1.97. The van der Waals surface area contributed by atoms with Crippen LogP contribution in [0.5, 0.6) is 0 Å². The number of nitrogen functional groups attached to an aromatic ring is 1. The van der Waals surface area contributed by atoms with Gasteiger partial charge in [0.1, 0.15) is 5.02 Å². The number of nitrogens with two attached hydrogens (primary N) is 1. The van der Waals surface area contributed by atoms with Gasteiger partial charge in [0.05, 0.1) is 0 Å². The van der Waals surface area contributed by atoms with Crippen molar-refractivity contribution in [1.82, 2.24) is 5.16 Å². The maximum Gasteiger partial charge on any atom is 0.185 e. The summed E-state index contributed by atoms with van der Waals surface area (Å²) in [6, 6.07) is 0. The molecule has 14 heavy (non-hydrogen) atoms. The highest BCUT2D eigenvalue weighted by molar-refractivity contribution is 6.33. The molecule has 0 spiro atoms. The molecular weight excluding hydrogens is 200 g/mol. The minimum absolute atomic E-state index is 0.301. The van der Waals surface area contributed by atoms with Gasteiger partial charge in [0.15, 0.2) is 11.6 Å². The van der Waals surface area contributed by atoms with E-state index in [0.717, 1.165) is 18.6 Å². The van der Waals surface area contributed by atoms with E-state index in [1.165, 1.54) is 25.7 Å². The van der Waals surface area contributed by atoms with Gasteiger partial charge in [-0.15, -0.1) is 0 Å². The zero-order chi connectivity index (χ0) is 10.4. The molecule has 1 aromatic heterocycles. The summed E-state index contributed by atoms with van der Waals surface area (Å²) in [6.07, 6.45) is 6.98. The molecule has 0 unspecified atom stereocenters. The molecule has 0 aliphatic rings. The highest BCUT2D eigenvalue weighted by Crippen LogP contribution is 2.24.